The van der Waals surface area contributed by atoms with Crippen LogP contribution in [0.2, 0.25) is 0 Å². The van der Waals surface area contributed by atoms with Crippen LogP contribution >= 0.6 is 0 Å². The van der Waals surface area contributed by atoms with Gasteiger partial charge in [0.2, 0.25) is 0 Å². The minimum Gasteiger partial charge on any atom is -0.370 e. The summed E-state index contributed by atoms with van der Waals surface area (Å²) in [6, 6.07) is 3.94. The van der Waals surface area contributed by atoms with Crippen LogP contribution in [0, 0.1) is 5.82 Å². The van der Waals surface area contributed by atoms with Gasteiger partial charge in [-0.05, 0) is 30.7 Å². The van der Waals surface area contributed by atoms with Crippen molar-refractivity contribution >= 4 is 16.7 Å². The second kappa shape index (κ2) is 8.65. The van der Waals surface area contributed by atoms with Crippen LogP contribution in [-0.2, 0) is 30.9 Å². The largest absolute Gasteiger partial charge is 0.416 e. The number of halogens is 4. The Kier molecular flexibility index (Phi) is 5.51. The zero-order chi connectivity index (χ0) is 25.9. The summed E-state index contributed by atoms with van der Waals surface area (Å²) in [5, 5.41) is 4.44. The number of fused-ring (bicyclic) bond motifs is 2. The Balaban J connectivity index is 1.51. The van der Waals surface area contributed by atoms with E-state index in [-0.39, 0.29) is 33.8 Å². The highest BCUT2D eigenvalue weighted by molar-refractivity contribution is 5.93. The molecular formula is C25H22F4N6O2. The van der Waals surface area contributed by atoms with E-state index in [2.05, 4.69) is 15.1 Å². The molecule has 1 aromatic carbocycles. The van der Waals surface area contributed by atoms with Gasteiger partial charge in [0.25, 0.3) is 5.56 Å². The van der Waals surface area contributed by atoms with E-state index in [0.717, 1.165) is 24.1 Å². The fourth-order valence-electron chi connectivity index (χ4n) is 4.97. The first-order valence-corrected chi connectivity index (χ1v) is 11.9. The Morgan fingerprint density at radius 3 is 2.70 bits per heavy atom. The second-order valence-electron chi connectivity index (χ2n) is 9.26. The SMILES string of the molecule is Cn1cc([C@H]2CN(c3cc4c(=O)n5c(nc4c(-c4ccc(C(F)(F)F)cc4F)n3)CCC5)CCO2)cn1. The second-order valence-corrected chi connectivity index (χ2v) is 9.26. The minimum absolute atomic E-state index is 0.0375. The molecule has 5 heterocycles. The zero-order valence-corrected chi connectivity index (χ0v) is 19.8. The topological polar surface area (TPSA) is 78.1 Å². The summed E-state index contributed by atoms with van der Waals surface area (Å²) < 4.78 is 63.9. The van der Waals surface area contributed by atoms with E-state index in [4.69, 9.17) is 4.74 Å². The van der Waals surface area contributed by atoms with Gasteiger partial charge in [-0.1, -0.05) is 0 Å². The molecule has 6 rings (SSSR count). The van der Waals surface area contributed by atoms with Crippen molar-refractivity contribution in [2.24, 2.45) is 7.05 Å². The summed E-state index contributed by atoms with van der Waals surface area (Å²) in [6.07, 6.45) is -0.0960. The highest BCUT2D eigenvalue weighted by Crippen LogP contribution is 2.36. The highest BCUT2D eigenvalue weighted by atomic mass is 19.4. The fraction of sp³-hybridized carbons (Fsp3) is 0.360. The molecular weight excluding hydrogens is 492 g/mol. The fourth-order valence-corrected chi connectivity index (χ4v) is 4.97. The molecule has 1 atom stereocenters. The molecule has 0 spiro atoms. The van der Waals surface area contributed by atoms with E-state index in [9.17, 15) is 18.0 Å². The lowest BCUT2D eigenvalue weighted by molar-refractivity contribution is -0.137. The Bertz CT molecular complexity index is 1580. The van der Waals surface area contributed by atoms with Gasteiger partial charge < -0.3 is 9.64 Å². The lowest BCUT2D eigenvalue weighted by atomic mass is 10.0. The van der Waals surface area contributed by atoms with E-state index in [1.54, 1.807) is 28.6 Å². The molecule has 2 aliphatic heterocycles. The molecule has 8 nitrogen and oxygen atoms in total. The molecule has 0 N–H and O–H groups in total. The van der Waals surface area contributed by atoms with Crippen LogP contribution in [-0.4, -0.2) is 44.0 Å². The van der Waals surface area contributed by atoms with Gasteiger partial charge in [-0.2, -0.15) is 18.3 Å². The van der Waals surface area contributed by atoms with E-state index < -0.39 is 17.6 Å². The number of morpholine rings is 1. The first-order chi connectivity index (χ1) is 17.7. The maximum Gasteiger partial charge on any atom is 0.416 e. The predicted octanol–water partition coefficient (Wildman–Crippen LogP) is 3.87. The summed E-state index contributed by atoms with van der Waals surface area (Å²) in [5.74, 6) is -0.126. The molecule has 0 unspecified atom stereocenters. The molecule has 2 aliphatic rings. The molecule has 0 radical (unpaired) electrons. The number of aryl methyl sites for hydroxylation is 2. The molecule has 0 bridgehead atoms. The molecule has 192 valence electrons. The molecule has 4 aromatic rings. The van der Waals surface area contributed by atoms with Gasteiger partial charge in [0.05, 0.1) is 23.8 Å². The van der Waals surface area contributed by atoms with Gasteiger partial charge in [0.1, 0.15) is 34.8 Å². The van der Waals surface area contributed by atoms with Crippen molar-refractivity contribution in [1.82, 2.24) is 24.3 Å². The predicted molar refractivity (Wildman–Crippen MR) is 127 cm³/mol. The third kappa shape index (κ3) is 4.14. The number of anilines is 1. The smallest absolute Gasteiger partial charge is 0.370 e. The van der Waals surface area contributed by atoms with Gasteiger partial charge in [-0.15, -0.1) is 0 Å². The number of benzene rings is 1. The van der Waals surface area contributed by atoms with Crippen molar-refractivity contribution in [2.75, 3.05) is 24.6 Å². The van der Waals surface area contributed by atoms with Crippen molar-refractivity contribution in [1.29, 1.82) is 0 Å². The number of nitrogens with zero attached hydrogens (tertiary/aromatic N) is 6. The molecule has 3 aromatic heterocycles. The van der Waals surface area contributed by atoms with E-state index in [1.807, 2.05) is 11.1 Å². The van der Waals surface area contributed by atoms with Gasteiger partial charge >= 0.3 is 6.18 Å². The van der Waals surface area contributed by atoms with E-state index in [1.165, 1.54) is 0 Å². The van der Waals surface area contributed by atoms with Crippen LogP contribution in [0.4, 0.5) is 23.4 Å². The Hall–Kier alpha value is -3.80. The molecule has 12 heteroatoms. The van der Waals surface area contributed by atoms with Crippen molar-refractivity contribution < 1.29 is 22.3 Å². The van der Waals surface area contributed by atoms with Crippen molar-refractivity contribution in [3.63, 3.8) is 0 Å². The number of rotatable bonds is 3. The number of alkyl halides is 3. The average molecular weight is 514 g/mol. The first kappa shape index (κ1) is 23.6. The summed E-state index contributed by atoms with van der Waals surface area (Å²) >= 11 is 0. The summed E-state index contributed by atoms with van der Waals surface area (Å²) in [5.41, 5.74) is -0.427. The summed E-state index contributed by atoms with van der Waals surface area (Å²) in [7, 11) is 1.80. The number of aromatic nitrogens is 5. The number of pyridine rings is 1. The molecule has 0 saturated carbocycles. The monoisotopic (exact) mass is 514 g/mol. The molecule has 0 aliphatic carbocycles. The van der Waals surface area contributed by atoms with Crippen LogP contribution in [0.25, 0.3) is 22.2 Å². The molecule has 0 amide bonds. The summed E-state index contributed by atoms with van der Waals surface area (Å²) in [6.45, 7) is 1.77. The Morgan fingerprint density at radius 2 is 1.97 bits per heavy atom. The average Bonchev–Trinajstić information content (AvgIpc) is 3.52. The Morgan fingerprint density at radius 1 is 1.14 bits per heavy atom. The maximum atomic E-state index is 15.1. The first-order valence-electron chi connectivity index (χ1n) is 11.9. The van der Waals surface area contributed by atoms with Gasteiger partial charge in [0.15, 0.2) is 0 Å². The van der Waals surface area contributed by atoms with Crippen LogP contribution in [0.1, 0.15) is 29.5 Å². The van der Waals surface area contributed by atoms with Crippen LogP contribution in [0.5, 0.6) is 0 Å². The van der Waals surface area contributed by atoms with Gasteiger partial charge in [-0.25, -0.2) is 14.4 Å². The van der Waals surface area contributed by atoms with Crippen LogP contribution < -0.4 is 10.5 Å². The van der Waals surface area contributed by atoms with Gasteiger partial charge in [-0.3, -0.25) is 14.0 Å². The van der Waals surface area contributed by atoms with Crippen molar-refractivity contribution in [3.05, 3.63) is 69.8 Å². The molecule has 1 fully saturated rings. The standard InChI is InChI=1S/C25H22F4N6O2/c1-33-12-14(11-30-33)19-13-34(7-8-37-19)21-10-17-23(31-20-3-2-6-35(20)24(17)36)22(32-21)16-5-4-15(9-18(16)26)25(27,28)29/h4-5,9-12,19H,2-3,6-8,13H2,1H3/t19-/m1/s1. The number of ether oxygens (including phenoxy) is 1. The molecule has 37 heavy (non-hydrogen) atoms. The third-order valence-corrected chi connectivity index (χ3v) is 6.83. The van der Waals surface area contributed by atoms with Crippen molar-refractivity contribution in [3.8, 4) is 11.3 Å². The number of hydrogen-bond donors (Lipinski definition) is 0. The Labute approximate surface area is 208 Å². The summed E-state index contributed by atoms with van der Waals surface area (Å²) in [4.78, 5) is 24.6. The third-order valence-electron chi connectivity index (χ3n) is 6.83. The number of hydrogen-bond acceptors (Lipinski definition) is 6. The lowest BCUT2D eigenvalue weighted by Gasteiger charge is -2.33. The highest BCUT2D eigenvalue weighted by Gasteiger charge is 2.32. The van der Waals surface area contributed by atoms with E-state index >= 15 is 4.39 Å². The maximum absolute atomic E-state index is 15.1. The van der Waals surface area contributed by atoms with Crippen LogP contribution in [0.3, 0.4) is 0 Å². The lowest BCUT2D eigenvalue weighted by Crippen LogP contribution is -2.39. The minimum atomic E-state index is -4.69. The zero-order valence-electron chi connectivity index (χ0n) is 19.8. The quantitative estimate of drug-likeness (QED) is 0.387. The van der Waals surface area contributed by atoms with Crippen molar-refractivity contribution in [2.45, 2.75) is 31.7 Å². The van der Waals surface area contributed by atoms with E-state index in [0.29, 0.717) is 50.4 Å². The van der Waals surface area contributed by atoms with Gasteiger partial charge in [0, 0.05) is 50.4 Å². The normalized spacial score (nSPS) is 18.0. The van der Waals surface area contributed by atoms with Crippen LogP contribution in [0.15, 0.2) is 41.5 Å². The molecule has 1 saturated heterocycles.